The molecule has 0 spiro atoms. The van der Waals surface area contributed by atoms with Crippen LogP contribution in [-0.4, -0.2) is 17.4 Å². The molecule has 6 rings (SSSR count). The van der Waals surface area contributed by atoms with Crippen molar-refractivity contribution >= 4 is 11.9 Å². The highest BCUT2D eigenvalue weighted by atomic mass is 16.5. The van der Waals surface area contributed by atoms with Crippen LogP contribution >= 0.6 is 0 Å². The first kappa shape index (κ1) is 20.5. The summed E-state index contributed by atoms with van der Waals surface area (Å²) in [6, 6.07) is 24.1. The van der Waals surface area contributed by atoms with Crippen LogP contribution in [0, 0.1) is 6.92 Å². The molecule has 0 unspecified atom stereocenters. The van der Waals surface area contributed by atoms with Crippen LogP contribution in [0.4, 0.5) is 0 Å². The van der Waals surface area contributed by atoms with E-state index in [1.807, 2.05) is 61.5 Å². The quantitative estimate of drug-likeness (QED) is 0.346. The lowest BCUT2D eigenvalue weighted by Gasteiger charge is -2.29. The van der Waals surface area contributed by atoms with E-state index in [0.29, 0.717) is 36.9 Å². The highest BCUT2D eigenvalue weighted by Crippen LogP contribution is 2.44. The first-order valence-electron chi connectivity index (χ1n) is 11.3. The molecule has 5 heteroatoms. The summed E-state index contributed by atoms with van der Waals surface area (Å²) in [7, 11) is 0. The van der Waals surface area contributed by atoms with Crippen LogP contribution in [0.3, 0.4) is 0 Å². The van der Waals surface area contributed by atoms with E-state index >= 15 is 0 Å². The Morgan fingerprint density at radius 2 is 1.76 bits per heavy atom. The summed E-state index contributed by atoms with van der Waals surface area (Å²) < 4.78 is 17.7. The van der Waals surface area contributed by atoms with Crippen LogP contribution in [0.5, 0.6) is 11.5 Å². The molecule has 0 saturated heterocycles. The van der Waals surface area contributed by atoms with Crippen molar-refractivity contribution in [2.45, 2.75) is 20.0 Å². The predicted molar refractivity (Wildman–Crippen MR) is 129 cm³/mol. The summed E-state index contributed by atoms with van der Waals surface area (Å²) in [5.41, 5.74) is 5.58. The number of hydrogen-bond donors (Lipinski definition) is 0. The summed E-state index contributed by atoms with van der Waals surface area (Å²) in [4.78, 5) is 15.4. The second-order valence-corrected chi connectivity index (χ2v) is 8.64. The zero-order valence-electron chi connectivity index (χ0n) is 18.8. The van der Waals surface area contributed by atoms with E-state index in [0.717, 1.165) is 39.3 Å². The number of benzene rings is 3. The molecule has 0 fully saturated rings. The van der Waals surface area contributed by atoms with Gasteiger partial charge in [0.25, 0.3) is 0 Å². The molecule has 4 aromatic rings. The summed E-state index contributed by atoms with van der Waals surface area (Å²) in [6.07, 6.45) is 3.48. The van der Waals surface area contributed by atoms with Crippen LogP contribution in [0.1, 0.15) is 32.8 Å². The molecule has 2 aliphatic heterocycles. The van der Waals surface area contributed by atoms with Crippen molar-refractivity contribution in [3.05, 3.63) is 113 Å². The lowest BCUT2D eigenvalue weighted by atomic mass is 9.98. The van der Waals surface area contributed by atoms with E-state index in [2.05, 4.69) is 29.2 Å². The average Bonchev–Trinajstić information content (AvgIpc) is 3.49. The van der Waals surface area contributed by atoms with E-state index in [-0.39, 0.29) is 5.78 Å². The smallest absolute Gasteiger partial charge is 0.232 e. The van der Waals surface area contributed by atoms with Crippen molar-refractivity contribution in [3.8, 4) is 22.6 Å². The molecule has 0 bridgehead atoms. The third kappa shape index (κ3) is 3.70. The average molecular weight is 450 g/mol. The Labute approximate surface area is 197 Å². The van der Waals surface area contributed by atoms with Crippen LogP contribution in [-0.2, 0) is 13.1 Å². The van der Waals surface area contributed by atoms with E-state index in [1.54, 1.807) is 6.26 Å². The molecule has 2 aliphatic rings. The Kier molecular flexibility index (Phi) is 5.04. The first-order valence-corrected chi connectivity index (χ1v) is 11.3. The second-order valence-electron chi connectivity index (χ2n) is 8.64. The van der Waals surface area contributed by atoms with Crippen molar-refractivity contribution in [3.63, 3.8) is 0 Å². The van der Waals surface area contributed by atoms with Crippen LogP contribution in [0.2, 0.25) is 0 Å². The van der Waals surface area contributed by atoms with Gasteiger partial charge < -0.3 is 13.9 Å². The number of Topliss-reactive ketones (excluding diaryl/α,β-unsaturated/α-hetero) is 1. The van der Waals surface area contributed by atoms with E-state index in [1.165, 1.54) is 0 Å². The number of fused-ring (bicyclic) bond motifs is 3. The van der Waals surface area contributed by atoms with Crippen LogP contribution < -0.4 is 9.47 Å². The fourth-order valence-electron chi connectivity index (χ4n) is 4.55. The first-order chi connectivity index (χ1) is 16.7. The number of carbonyl (C=O) groups is 1. The Morgan fingerprint density at radius 1 is 0.971 bits per heavy atom. The molecular weight excluding hydrogens is 426 g/mol. The number of carbonyl (C=O) groups excluding carboxylic acids is 1. The maximum Gasteiger partial charge on any atom is 0.232 e. The van der Waals surface area contributed by atoms with Gasteiger partial charge in [-0.2, -0.15) is 0 Å². The monoisotopic (exact) mass is 449 g/mol. The molecule has 168 valence electrons. The summed E-state index contributed by atoms with van der Waals surface area (Å²) in [6.45, 7) is 3.62. The molecule has 0 atom stereocenters. The van der Waals surface area contributed by atoms with Gasteiger partial charge in [-0.15, -0.1) is 0 Å². The molecule has 34 heavy (non-hydrogen) atoms. The van der Waals surface area contributed by atoms with Crippen molar-refractivity contribution in [1.82, 2.24) is 4.90 Å². The third-order valence-corrected chi connectivity index (χ3v) is 6.26. The zero-order valence-corrected chi connectivity index (χ0v) is 18.8. The minimum absolute atomic E-state index is 0.0920. The molecule has 0 N–H and O–H groups in total. The minimum Gasteiger partial charge on any atom is -0.478 e. The fraction of sp³-hybridized carbons (Fsp3) is 0.138. The molecule has 5 nitrogen and oxygen atoms in total. The molecule has 0 aliphatic carbocycles. The second kappa shape index (κ2) is 8.36. The van der Waals surface area contributed by atoms with Gasteiger partial charge in [-0.3, -0.25) is 9.69 Å². The van der Waals surface area contributed by atoms with Crippen molar-refractivity contribution < 1.29 is 18.7 Å². The SMILES string of the molecule is Cc1cc2c(c3c1C(=O)/C(=C/c1ccc(-c4ccccc4)cc1)O3)CN(Cc1ccco1)CO2. The van der Waals surface area contributed by atoms with Gasteiger partial charge in [-0.25, -0.2) is 0 Å². The van der Waals surface area contributed by atoms with Gasteiger partial charge in [0.05, 0.1) is 23.9 Å². The lowest BCUT2D eigenvalue weighted by Crippen LogP contribution is -2.31. The summed E-state index contributed by atoms with van der Waals surface area (Å²) in [5.74, 6) is 2.49. The minimum atomic E-state index is -0.0920. The normalized spacial score (nSPS) is 16.1. The topological polar surface area (TPSA) is 51.9 Å². The third-order valence-electron chi connectivity index (χ3n) is 6.26. The predicted octanol–water partition coefficient (Wildman–Crippen LogP) is 6.22. The molecular formula is C29H23NO4. The van der Waals surface area contributed by atoms with Crippen molar-refractivity contribution in [2.75, 3.05) is 6.73 Å². The molecule has 3 heterocycles. The van der Waals surface area contributed by atoms with Gasteiger partial charge in [0, 0.05) is 6.54 Å². The molecule has 1 aromatic heterocycles. The van der Waals surface area contributed by atoms with Gasteiger partial charge in [0.15, 0.2) is 5.76 Å². The van der Waals surface area contributed by atoms with Gasteiger partial charge in [0.2, 0.25) is 5.78 Å². The molecule has 3 aromatic carbocycles. The zero-order chi connectivity index (χ0) is 23.1. The van der Waals surface area contributed by atoms with E-state index in [9.17, 15) is 4.79 Å². The van der Waals surface area contributed by atoms with Crippen LogP contribution in [0.15, 0.2) is 89.2 Å². The van der Waals surface area contributed by atoms with E-state index in [4.69, 9.17) is 13.9 Å². The summed E-state index contributed by atoms with van der Waals surface area (Å²) >= 11 is 0. The van der Waals surface area contributed by atoms with Gasteiger partial charge in [0.1, 0.15) is 24.0 Å². The lowest BCUT2D eigenvalue weighted by molar-refractivity contribution is 0.0809. The van der Waals surface area contributed by atoms with Gasteiger partial charge in [-0.05, 0) is 53.5 Å². The Balaban J connectivity index is 1.28. The summed E-state index contributed by atoms with van der Waals surface area (Å²) in [5, 5.41) is 0. The Morgan fingerprint density at radius 3 is 2.53 bits per heavy atom. The van der Waals surface area contributed by atoms with Gasteiger partial charge >= 0.3 is 0 Å². The highest BCUT2D eigenvalue weighted by molar-refractivity contribution is 6.15. The maximum absolute atomic E-state index is 13.3. The van der Waals surface area contributed by atoms with Crippen molar-refractivity contribution in [2.24, 2.45) is 0 Å². The highest BCUT2D eigenvalue weighted by Gasteiger charge is 2.35. The number of furan rings is 1. The largest absolute Gasteiger partial charge is 0.478 e. The number of ketones is 1. The molecule has 0 saturated carbocycles. The maximum atomic E-state index is 13.3. The number of hydrogen-bond acceptors (Lipinski definition) is 5. The van der Waals surface area contributed by atoms with Crippen LogP contribution in [0.25, 0.3) is 17.2 Å². The number of nitrogens with zero attached hydrogens (tertiary/aromatic N) is 1. The standard InChI is InChI=1S/C29H23NO4/c1-19-14-25-24(17-30(18-33-25)16-23-8-5-13-32-23)29-27(19)28(31)26(34-29)15-20-9-11-22(12-10-20)21-6-3-2-4-7-21/h2-15H,16-18H2,1H3/b26-15-. The van der Waals surface area contributed by atoms with Crippen molar-refractivity contribution in [1.29, 1.82) is 0 Å². The van der Waals surface area contributed by atoms with Gasteiger partial charge in [-0.1, -0.05) is 54.6 Å². The molecule has 0 amide bonds. The number of rotatable bonds is 4. The van der Waals surface area contributed by atoms with E-state index < -0.39 is 0 Å². The Bertz CT molecular complexity index is 1390. The Hall–Kier alpha value is -4.09. The fourth-order valence-corrected chi connectivity index (χ4v) is 4.55. The number of ether oxygens (including phenoxy) is 2. The number of allylic oxidation sites excluding steroid dienone is 1. The molecule has 0 radical (unpaired) electrons. The number of aryl methyl sites for hydroxylation is 1.